The Labute approximate surface area is 134 Å². The van der Waals surface area contributed by atoms with Gasteiger partial charge in [0.1, 0.15) is 11.5 Å². The van der Waals surface area contributed by atoms with Crippen LogP contribution in [0.2, 0.25) is 5.02 Å². The monoisotopic (exact) mass is 367 g/mol. The van der Waals surface area contributed by atoms with E-state index >= 15 is 0 Å². The van der Waals surface area contributed by atoms with E-state index in [1.54, 1.807) is 24.4 Å². The number of aromatic nitrogens is 2. The molecule has 3 nitrogen and oxygen atoms in total. The maximum Gasteiger partial charge on any atom is 0.137 e. The quantitative estimate of drug-likeness (QED) is 0.748. The van der Waals surface area contributed by atoms with Crippen LogP contribution in [0, 0.1) is 5.82 Å². The van der Waals surface area contributed by atoms with Gasteiger partial charge in [-0.1, -0.05) is 27.5 Å². The van der Waals surface area contributed by atoms with Crippen molar-refractivity contribution in [2.75, 3.05) is 0 Å². The van der Waals surface area contributed by atoms with E-state index in [9.17, 15) is 4.39 Å². The van der Waals surface area contributed by atoms with Gasteiger partial charge in [0.15, 0.2) is 0 Å². The fraction of sp³-hybridized carbons (Fsp3) is 0.133. The lowest BCUT2D eigenvalue weighted by molar-refractivity contribution is 0.586. The lowest BCUT2D eigenvalue weighted by Crippen LogP contribution is -2.14. The first-order valence-electron chi connectivity index (χ1n) is 6.39. The summed E-state index contributed by atoms with van der Waals surface area (Å²) in [4.78, 5) is 4.46. The highest BCUT2D eigenvalue weighted by molar-refractivity contribution is 9.10. The van der Waals surface area contributed by atoms with Crippen molar-refractivity contribution >= 4 is 33.2 Å². The van der Waals surface area contributed by atoms with Gasteiger partial charge in [-0.3, -0.25) is 0 Å². The summed E-state index contributed by atoms with van der Waals surface area (Å²) < 4.78 is 16.3. The zero-order chi connectivity index (χ0) is 14.8. The normalized spacial score (nSPS) is 11.2. The topological polar surface area (TPSA) is 29.3 Å². The average molecular weight is 369 g/mol. The summed E-state index contributed by atoms with van der Waals surface area (Å²) >= 11 is 9.27. The molecular formula is C15H12BrClFN3. The van der Waals surface area contributed by atoms with Crippen molar-refractivity contribution in [1.82, 2.24) is 14.7 Å². The molecule has 0 saturated heterocycles. The van der Waals surface area contributed by atoms with Gasteiger partial charge in [0.05, 0.1) is 10.7 Å². The molecule has 0 saturated carbocycles. The number of halogens is 3. The van der Waals surface area contributed by atoms with Crippen LogP contribution in [0.5, 0.6) is 0 Å². The van der Waals surface area contributed by atoms with Gasteiger partial charge in [-0.05, 0) is 30.3 Å². The van der Waals surface area contributed by atoms with Crippen LogP contribution in [-0.4, -0.2) is 9.38 Å². The third-order valence-electron chi connectivity index (χ3n) is 3.09. The molecule has 0 unspecified atom stereocenters. The lowest BCUT2D eigenvalue weighted by Gasteiger charge is -2.05. The SMILES string of the molecule is Fc1ccc(Br)cc1CNCc1cn2cc(Cl)ccc2n1. The third kappa shape index (κ3) is 3.43. The van der Waals surface area contributed by atoms with Crippen LogP contribution >= 0.6 is 27.5 Å². The zero-order valence-electron chi connectivity index (χ0n) is 11.0. The summed E-state index contributed by atoms with van der Waals surface area (Å²) in [6, 6.07) is 8.57. The van der Waals surface area contributed by atoms with E-state index in [1.807, 2.05) is 16.7 Å². The predicted octanol–water partition coefficient (Wildman–Crippen LogP) is 4.18. The Morgan fingerprint density at radius 1 is 1.19 bits per heavy atom. The Kier molecular flexibility index (Phi) is 4.24. The van der Waals surface area contributed by atoms with Crippen LogP contribution in [0.4, 0.5) is 4.39 Å². The Morgan fingerprint density at radius 2 is 2.05 bits per heavy atom. The van der Waals surface area contributed by atoms with Crippen molar-refractivity contribution in [3.8, 4) is 0 Å². The van der Waals surface area contributed by atoms with E-state index in [0.29, 0.717) is 23.7 Å². The minimum Gasteiger partial charge on any atom is -0.307 e. The Hall–Kier alpha value is -1.43. The summed E-state index contributed by atoms with van der Waals surface area (Å²) in [6.45, 7) is 1.01. The number of hydrogen-bond acceptors (Lipinski definition) is 2. The van der Waals surface area contributed by atoms with Gasteiger partial charge in [0.25, 0.3) is 0 Å². The molecule has 0 aliphatic rings. The van der Waals surface area contributed by atoms with Gasteiger partial charge in [0.2, 0.25) is 0 Å². The molecule has 21 heavy (non-hydrogen) atoms. The first kappa shape index (κ1) is 14.5. The molecule has 0 aliphatic carbocycles. The Bertz CT molecular complexity index is 788. The number of nitrogens with zero attached hydrogens (tertiary/aromatic N) is 2. The van der Waals surface area contributed by atoms with Crippen molar-refractivity contribution < 1.29 is 4.39 Å². The maximum atomic E-state index is 13.6. The van der Waals surface area contributed by atoms with Crippen LogP contribution in [0.3, 0.4) is 0 Å². The molecular weight excluding hydrogens is 357 g/mol. The molecule has 2 aromatic heterocycles. The van der Waals surface area contributed by atoms with Crippen molar-refractivity contribution in [2.24, 2.45) is 0 Å². The molecule has 3 rings (SSSR count). The zero-order valence-corrected chi connectivity index (χ0v) is 13.3. The second-order valence-corrected chi connectivity index (χ2v) is 6.04. The number of hydrogen-bond donors (Lipinski definition) is 1. The van der Waals surface area contributed by atoms with Gasteiger partial charge in [-0.25, -0.2) is 9.37 Å². The molecule has 2 heterocycles. The third-order valence-corrected chi connectivity index (χ3v) is 3.81. The van der Waals surface area contributed by atoms with Gasteiger partial charge >= 0.3 is 0 Å². The highest BCUT2D eigenvalue weighted by atomic mass is 79.9. The predicted molar refractivity (Wildman–Crippen MR) is 84.8 cm³/mol. The number of imidazole rings is 1. The first-order valence-corrected chi connectivity index (χ1v) is 7.57. The van der Waals surface area contributed by atoms with Crippen LogP contribution in [-0.2, 0) is 13.1 Å². The highest BCUT2D eigenvalue weighted by Gasteiger charge is 2.05. The second-order valence-electron chi connectivity index (χ2n) is 4.68. The number of benzene rings is 1. The molecule has 108 valence electrons. The largest absolute Gasteiger partial charge is 0.307 e. The van der Waals surface area contributed by atoms with E-state index in [0.717, 1.165) is 15.8 Å². The molecule has 0 amide bonds. The minimum atomic E-state index is -0.215. The number of rotatable bonds is 4. The molecule has 0 atom stereocenters. The fourth-order valence-electron chi connectivity index (χ4n) is 2.11. The highest BCUT2D eigenvalue weighted by Crippen LogP contribution is 2.16. The first-order chi connectivity index (χ1) is 10.1. The molecule has 0 radical (unpaired) electrons. The molecule has 0 fully saturated rings. The maximum absolute atomic E-state index is 13.6. The summed E-state index contributed by atoms with van der Waals surface area (Å²) in [5.74, 6) is -0.215. The molecule has 3 aromatic rings. The smallest absolute Gasteiger partial charge is 0.137 e. The average Bonchev–Trinajstić information content (AvgIpc) is 2.84. The van der Waals surface area contributed by atoms with E-state index in [4.69, 9.17) is 11.6 Å². The molecule has 0 spiro atoms. The lowest BCUT2D eigenvalue weighted by atomic mass is 10.2. The fourth-order valence-corrected chi connectivity index (χ4v) is 2.68. The van der Waals surface area contributed by atoms with Crippen LogP contribution in [0.1, 0.15) is 11.3 Å². The molecule has 6 heteroatoms. The standard InChI is InChI=1S/C15H12BrClFN3/c16-11-1-3-14(18)10(5-11)6-19-7-13-9-21-8-12(17)2-4-15(21)20-13/h1-5,8-9,19H,6-7H2. The second kappa shape index (κ2) is 6.13. The van der Waals surface area contributed by atoms with Crippen LogP contribution < -0.4 is 5.32 Å². The Balaban J connectivity index is 1.67. The van der Waals surface area contributed by atoms with Crippen molar-refractivity contribution in [3.63, 3.8) is 0 Å². The van der Waals surface area contributed by atoms with E-state index in [-0.39, 0.29) is 5.82 Å². The minimum absolute atomic E-state index is 0.215. The summed E-state index contributed by atoms with van der Waals surface area (Å²) in [5.41, 5.74) is 2.34. The number of pyridine rings is 1. The number of nitrogens with one attached hydrogen (secondary N) is 1. The van der Waals surface area contributed by atoms with Crippen molar-refractivity contribution in [2.45, 2.75) is 13.1 Å². The van der Waals surface area contributed by atoms with Crippen LogP contribution in [0.15, 0.2) is 47.2 Å². The Morgan fingerprint density at radius 3 is 2.90 bits per heavy atom. The van der Waals surface area contributed by atoms with E-state index in [2.05, 4.69) is 26.2 Å². The summed E-state index contributed by atoms with van der Waals surface area (Å²) in [7, 11) is 0. The summed E-state index contributed by atoms with van der Waals surface area (Å²) in [5, 5.41) is 3.85. The summed E-state index contributed by atoms with van der Waals surface area (Å²) in [6.07, 6.45) is 3.72. The van der Waals surface area contributed by atoms with Gasteiger partial charge < -0.3 is 9.72 Å². The molecule has 1 N–H and O–H groups in total. The molecule has 0 bridgehead atoms. The molecule has 0 aliphatic heterocycles. The van der Waals surface area contributed by atoms with E-state index in [1.165, 1.54) is 6.07 Å². The van der Waals surface area contributed by atoms with E-state index < -0.39 is 0 Å². The van der Waals surface area contributed by atoms with Gasteiger partial charge in [0, 0.05) is 35.5 Å². The van der Waals surface area contributed by atoms with Crippen molar-refractivity contribution in [1.29, 1.82) is 0 Å². The van der Waals surface area contributed by atoms with Crippen molar-refractivity contribution in [3.05, 3.63) is 69.3 Å². The van der Waals surface area contributed by atoms with Gasteiger partial charge in [-0.2, -0.15) is 0 Å². The molecule has 1 aromatic carbocycles. The van der Waals surface area contributed by atoms with Crippen LogP contribution in [0.25, 0.3) is 5.65 Å². The van der Waals surface area contributed by atoms with Gasteiger partial charge in [-0.15, -0.1) is 0 Å². The number of fused-ring (bicyclic) bond motifs is 1.